The Hall–Kier alpha value is -2.31. The molecule has 0 aliphatic rings. The number of hydrogen-bond donors (Lipinski definition) is 0. The number of nitrogens with zero attached hydrogens (tertiary/aromatic N) is 3. The molecule has 0 aliphatic carbocycles. The third-order valence-corrected chi connectivity index (χ3v) is 5.20. The Morgan fingerprint density at radius 3 is 2.56 bits per heavy atom. The summed E-state index contributed by atoms with van der Waals surface area (Å²) < 4.78 is 15.0. The number of thiophene rings is 1. The summed E-state index contributed by atoms with van der Waals surface area (Å²) in [6.07, 6.45) is 0. The quantitative estimate of drug-likeness (QED) is 0.438. The van der Waals surface area contributed by atoms with Gasteiger partial charge in [0.15, 0.2) is 0 Å². The molecule has 0 unspecified atom stereocenters. The van der Waals surface area contributed by atoms with Gasteiger partial charge in [0.05, 0.1) is 22.8 Å². The minimum Gasteiger partial charge on any atom is -0.253 e. The zero-order valence-electron chi connectivity index (χ0n) is 14.1. The van der Waals surface area contributed by atoms with Gasteiger partial charge in [-0.2, -0.15) is 5.10 Å². The lowest BCUT2D eigenvalue weighted by Crippen LogP contribution is -2.14. The van der Waals surface area contributed by atoms with Gasteiger partial charge in [0.2, 0.25) is 4.80 Å². The Labute approximate surface area is 154 Å². The molecule has 3 nitrogen and oxygen atoms in total. The van der Waals surface area contributed by atoms with Crippen LogP contribution in [-0.4, -0.2) is 16.9 Å². The van der Waals surface area contributed by atoms with Gasteiger partial charge in [-0.25, -0.2) is 9.07 Å². The van der Waals surface area contributed by atoms with Gasteiger partial charge in [0, 0.05) is 5.38 Å². The second kappa shape index (κ2) is 7.72. The van der Waals surface area contributed by atoms with Crippen molar-refractivity contribution in [1.29, 1.82) is 0 Å². The molecule has 0 atom stereocenters. The zero-order valence-corrected chi connectivity index (χ0v) is 15.7. The van der Waals surface area contributed by atoms with Crippen LogP contribution in [0.25, 0.3) is 10.6 Å². The second-order valence-electron chi connectivity index (χ2n) is 5.66. The second-order valence-corrected chi connectivity index (χ2v) is 7.44. The molecule has 0 saturated heterocycles. The van der Waals surface area contributed by atoms with Gasteiger partial charge >= 0.3 is 0 Å². The van der Waals surface area contributed by atoms with Crippen LogP contribution in [0.2, 0.25) is 0 Å². The third-order valence-electron chi connectivity index (χ3n) is 3.46. The van der Waals surface area contributed by atoms with Crippen molar-refractivity contribution >= 4 is 28.4 Å². The zero-order chi connectivity index (χ0) is 17.8. The van der Waals surface area contributed by atoms with Crippen LogP contribution >= 0.6 is 22.7 Å². The topological polar surface area (TPSA) is 29.6 Å². The van der Waals surface area contributed by atoms with E-state index in [2.05, 4.69) is 23.0 Å². The Morgan fingerprint density at radius 2 is 1.92 bits per heavy atom. The van der Waals surface area contributed by atoms with E-state index in [9.17, 15) is 4.39 Å². The Kier molecular flexibility index (Phi) is 5.40. The van der Waals surface area contributed by atoms with Gasteiger partial charge in [-0.15, -0.1) is 22.7 Å². The predicted octanol–water partition coefficient (Wildman–Crippen LogP) is 5.17. The van der Waals surface area contributed by atoms with E-state index >= 15 is 0 Å². The van der Waals surface area contributed by atoms with E-state index < -0.39 is 0 Å². The number of halogens is 1. The van der Waals surface area contributed by atoms with E-state index in [0.29, 0.717) is 6.54 Å². The molecule has 0 spiro atoms. The molecule has 3 aromatic rings. The van der Waals surface area contributed by atoms with Crippen molar-refractivity contribution in [3.05, 3.63) is 75.5 Å². The average Bonchev–Trinajstić information content (AvgIpc) is 3.23. The third kappa shape index (κ3) is 4.21. The molecular weight excluding hydrogens is 353 g/mol. The molecule has 2 heterocycles. The summed E-state index contributed by atoms with van der Waals surface area (Å²) in [7, 11) is 0. The lowest BCUT2D eigenvalue weighted by Gasteiger charge is -2.05. The standard InChI is InChI=1S/C19H18FN3S2/c1-13(2)11-21-19-23(17(12-25-19)18-5-4-10-24-18)22-14(3)15-6-8-16(20)9-7-15/h4-10,12H,1,11H2,2-3H3. The van der Waals surface area contributed by atoms with Crippen LogP contribution in [-0.2, 0) is 0 Å². The lowest BCUT2D eigenvalue weighted by atomic mass is 10.1. The summed E-state index contributed by atoms with van der Waals surface area (Å²) in [6, 6.07) is 10.4. The lowest BCUT2D eigenvalue weighted by molar-refractivity contribution is 0.627. The largest absolute Gasteiger partial charge is 0.253 e. The van der Waals surface area contributed by atoms with Crippen LogP contribution in [0.15, 0.2) is 69.4 Å². The molecule has 0 saturated carbocycles. The highest BCUT2D eigenvalue weighted by Gasteiger charge is 2.09. The number of thiazole rings is 1. The van der Waals surface area contributed by atoms with Crippen LogP contribution < -0.4 is 4.80 Å². The molecule has 3 rings (SSSR count). The summed E-state index contributed by atoms with van der Waals surface area (Å²) in [5, 5.41) is 8.86. The fourth-order valence-electron chi connectivity index (χ4n) is 2.20. The molecule has 0 N–H and O–H groups in total. The summed E-state index contributed by atoms with van der Waals surface area (Å²) >= 11 is 3.21. The van der Waals surface area contributed by atoms with E-state index in [1.807, 2.05) is 30.0 Å². The minimum atomic E-state index is -0.254. The molecule has 0 aliphatic heterocycles. The first-order valence-corrected chi connectivity index (χ1v) is 9.51. The molecule has 25 heavy (non-hydrogen) atoms. The van der Waals surface area contributed by atoms with Crippen molar-refractivity contribution in [2.75, 3.05) is 6.54 Å². The highest BCUT2D eigenvalue weighted by atomic mass is 32.1. The summed E-state index contributed by atoms with van der Waals surface area (Å²) in [5.41, 5.74) is 3.68. The predicted molar refractivity (Wildman–Crippen MR) is 105 cm³/mol. The van der Waals surface area contributed by atoms with Crippen molar-refractivity contribution in [2.24, 2.45) is 10.1 Å². The maximum absolute atomic E-state index is 13.2. The SMILES string of the molecule is C=C(C)CN=c1scc(-c2cccs2)n1N=C(C)c1ccc(F)cc1. The van der Waals surface area contributed by atoms with Crippen LogP contribution in [0.4, 0.5) is 4.39 Å². The first-order chi connectivity index (χ1) is 12.0. The van der Waals surface area contributed by atoms with Gasteiger partial charge in [0.1, 0.15) is 5.82 Å². The fourth-order valence-corrected chi connectivity index (χ4v) is 3.82. The van der Waals surface area contributed by atoms with Crippen LogP contribution in [0.1, 0.15) is 19.4 Å². The minimum absolute atomic E-state index is 0.254. The average molecular weight is 372 g/mol. The maximum Gasteiger partial charge on any atom is 0.206 e. The molecular formula is C19H18FN3S2. The summed E-state index contributed by atoms with van der Waals surface area (Å²) in [6.45, 7) is 8.34. The van der Waals surface area contributed by atoms with Crippen molar-refractivity contribution in [3.8, 4) is 10.6 Å². The Bertz CT molecular complexity index is 961. The van der Waals surface area contributed by atoms with Crippen LogP contribution in [0, 0.1) is 5.82 Å². The van der Waals surface area contributed by atoms with Crippen molar-refractivity contribution in [3.63, 3.8) is 0 Å². The van der Waals surface area contributed by atoms with E-state index in [4.69, 9.17) is 5.10 Å². The normalized spacial score (nSPS) is 12.6. The molecule has 6 heteroatoms. The van der Waals surface area contributed by atoms with Crippen molar-refractivity contribution in [2.45, 2.75) is 13.8 Å². The highest BCUT2D eigenvalue weighted by molar-refractivity contribution is 7.14. The van der Waals surface area contributed by atoms with Crippen LogP contribution in [0.5, 0.6) is 0 Å². The Balaban J connectivity index is 2.10. The molecule has 0 amide bonds. The van der Waals surface area contributed by atoms with Gasteiger partial charge < -0.3 is 0 Å². The molecule has 2 aromatic heterocycles. The molecule has 1 aromatic carbocycles. The first-order valence-electron chi connectivity index (χ1n) is 7.75. The number of hydrogen-bond acceptors (Lipinski definition) is 4. The Morgan fingerprint density at radius 1 is 1.16 bits per heavy atom. The monoisotopic (exact) mass is 371 g/mol. The molecule has 128 valence electrons. The number of rotatable bonds is 5. The molecule has 0 radical (unpaired) electrons. The van der Waals surface area contributed by atoms with Crippen molar-refractivity contribution in [1.82, 2.24) is 4.68 Å². The van der Waals surface area contributed by atoms with E-state index in [-0.39, 0.29) is 5.82 Å². The van der Waals surface area contributed by atoms with Gasteiger partial charge in [0.25, 0.3) is 0 Å². The smallest absolute Gasteiger partial charge is 0.206 e. The van der Waals surface area contributed by atoms with Crippen LogP contribution in [0.3, 0.4) is 0 Å². The molecule has 0 bridgehead atoms. The number of benzene rings is 1. The van der Waals surface area contributed by atoms with Gasteiger partial charge in [-0.3, -0.25) is 4.99 Å². The van der Waals surface area contributed by atoms with Gasteiger partial charge in [-0.05, 0) is 43.0 Å². The summed E-state index contributed by atoms with van der Waals surface area (Å²) in [5.74, 6) is -0.254. The number of aromatic nitrogens is 1. The fraction of sp³-hybridized carbons (Fsp3) is 0.158. The van der Waals surface area contributed by atoms with Crippen molar-refractivity contribution < 1.29 is 4.39 Å². The van der Waals surface area contributed by atoms with E-state index in [1.54, 1.807) is 34.8 Å². The summed E-state index contributed by atoms with van der Waals surface area (Å²) in [4.78, 5) is 6.56. The highest BCUT2D eigenvalue weighted by Crippen LogP contribution is 2.25. The maximum atomic E-state index is 13.2. The van der Waals surface area contributed by atoms with Gasteiger partial charge in [-0.1, -0.05) is 30.4 Å². The first kappa shape index (κ1) is 17.5. The van der Waals surface area contributed by atoms with E-state index in [0.717, 1.165) is 32.2 Å². The van der Waals surface area contributed by atoms with E-state index in [1.165, 1.54) is 12.1 Å². The molecule has 0 fully saturated rings.